The van der Waals surface area contributed by atoms with Gasteiger partial charge >= 0.3 is 0 Å². The number of nitrogens with zero attached hydrogens (tertiary/aromatic N) is 3. The molecular formula is C27H29ClN4O. The highest BCUT2D eigenvalue weighted by Crippen LogP contribution is 2.34. The van der Waals surface area contributed by atoms with Crippen LogP contribution in [0.3, 0.4) is 0 Å². The van der Waals surface area contributed by atoms with Crippen molar-refractivity contribution in [3.8, 4) is 11.1 Å². The lowest BCUT2D eigenvalue weighted by molar-refractivity contribution is -0.115. The largest absolute Gasteiger partial charge is 0.324 e. The fourth-order valence-corrected chi connectivity index (χ4v) is 4.31. The van der Waals surface area contributed by atoms with Gasteiger partial charge in [0.05, 0.1) is 29.2 Å². The van der Waals surface area contributed by atoms with Gasteiger partial charge < -0.3 is 10.2 Å². The van der Waals surface area contributed by atoms with Crippen LogP contribution in [0.15, 0.2) is 59.7 Å². The molecule has 0 saturated heterocycles. The van der Waals surface area contributed by atoms with Crippen LogP contribution in [0.25, 0.3) is 11.1 Å². The summed E-state index contributed by atoms with van der Waals surface area (Å²) in [5, 5.41) is 3.54. The number of amides is 1. The molecule has 5 nitrogen and oxygen atoms in total. The molecule has 1 aliphatic rings. The van der Waals surface area contributed by atoms with Crippen molar-refractivity contribution in [2.75, 3.05) is 18.9 Å². The van der Waals surface area contributed by atoms with Gasteiger partial charge in [0.15, 0.2) is 0 Å². The summed E-state index contributed by atoms with van der Waals surface area (Å²) in [6.45, 7) is 8.20. The maximum atomic E-state index is 12.6. The van der Waals surface area contributed by atoms with Crippen molar-refractivity contribution in [3.63, 3.8) is 0 Å². The Labute approximate surface area is 200 Å². The van der Waals surface area contributed by atoms with Gasteiger partial charge in [0.2, 0.25) is 5.91 Å². The van der Waals surface area contributed by atoms with Gasteiger partial charge in [-0.05, 0) is 72.5 Å². The highest BCUT2D eigenvalue weighted by molar-refractivity contribution is 6.32. The molecule has 0 aliphatic carbocycles. The summed E-state index contributed by atoms with van der Waals surface area (Å²) < 4.78 is 0. The number of nitrogens with one attached hydrogen (secondary N) is 1. The first-order valence-electron chi connectivity index (χ1n) is 11.2. The molecule has 0 radical (unpaired) electrons. The zero-order chi connectivity index (χ0) is 23.5. The summed E-state index contributed by atoms with van der Waals surface area (Å²) in [6.07, 6.45) is 2.07. The molecule has 1 amide bonds. The highest BCUT2D eigenvalue weighted by Gasteiger charge is 2.19. The molecule has 2 aromatic carbocycles. The van der Waals surface area contributed by atoms with E-state index in [-0.39, 0.29) is 12.3 Å². The zero-order valence-corrected chi connectivity index (χ0v) is 20.3. The summed E-state index contributed by atoms with van der Waals surface area (Å²) in [7, 11) is 2.12. The van der Waals surface area contributed by atoms with E-state index in [2.05, 4.69) is 54.3 Å². The number of aryl methyl sites for hydroxylation is 1. The van der Waals surface area contributed by atoms with Crippen molar-refractivity contribution in [1.82, 2.24) is 9.88 Å². The molecule has 4 rings (SSSR count). The van der Waals surface area contributed by atoms with E-state index in [1.165, 1.54) is 0 Å². The minimum atomic E-state index is -0.0998. The first-order chi connectivity index (χ1) is 15.8. The molecule has 33 heavy (non-hydrogen) atoms. The number of hydrogen-bond donors (Lipinski definition) is 1. The number of carbonyl (C=O) groups is 1. The lowest BCUT2D eigenvalue weighted by Crippen LogP contribution is -2.23. The van der Waals surface area contributed by atoms with E-state index < -0.39 is 0 Å². The molecule has 0 fully saturated rings. The molecule has 170 valence electrons. The maximum Gasteiger partial charge on any atom is 0.230 e. The van der Waals surface area contributed by atoms with Gasteiger partial charge in [0.25, 0.3) is 0 Å². The third-order valence-corrected chi connectivity index (χ3v) is 6.00. The van der Waals surface area contributed by atoms with Crippen molar-refractivity contribution >= 4 is 34.6 Å². The monoisotopic (exact) mass is 460 g/mol. The van der Waals surface area contributed by atoms with E-state index in [1.807, 2.05) is 37.4 Å². The first kappa shape index (κ1) is 23.1. The fourth-order valence-electron chi connectivity index (χ4n) is 4.14. The van der Waals surface area contributed by atoms with Crippen LogP contribution in [0.1, 0.15) is 37.1 Å². The number of rotatable bonds is 6. The van der Waals surface area contributed by atoms with Gasteiger partial charge in [-0.3, -0.25) is 14.8 Å². The highest BCUT2D eigenvalue weighted by atomic mass is 35.5. The number of halogens is 1. The van der Waals surface area contributed by atoms with Crippen molar-refractivity contribution in [2.45, 2.75) is 33.7 Å². The van der Waals surface area contributed by atoms with Crippen LogP contribution in [0, 0.1) is 12.8 Å². The smallest absolute Gasteiger partial charge is 0.230 e. The third kappa shape index (κ3) is 5.67. The predicted octanol–water partition coefficient (Wildman–Crippen LogP) is 6.26. The third-order valence-electron chi connectivity index (χ3n) is 5.59. The topological polar surface area (TPSA) is 57.6 Å². The summed E-state index contributed by atoms with van der Waals surface area (Å²) in [6, 6.07) is 16.0. The predicted molar refractivity (Wildman–Crippen MR) is 136 cm³/mol. The second-order valence-electron chi connectivity index (χ2n) is 9.11. The maximum absolute atomic E-state index is 12.6. The summed E-state index contributed by atoms with van der Waals surface area (Å²) in [5.41, 5.74) is 7.17. The molecule has 0 bridgehead atoms. The van der Waals surface area contributed by atoms with Gasteiger partial charge in [-0.2, -0.15) is 0 Å². The van der Waals surface area contributed by atoms with Crippen LogP contribution < -0.4 is 5.32 Å². The van der Waals surface area contributed by atoms with Crippen molar-refractivity contribution in [3.05, 3.63) is 76.6 Å². The normalized spacial score (nSPS) is 13.5. The van der Waals surface area contributed by atoms with Crippen molar-refractivity contribution in [2.24, 2.45) is 10.9 Å². The van der Waals surface area contributed by atoms with E-state index in [9.17, 15) is 4.79 Å². The quantitative estimate of drug-likeness (QED) is 0.472. The summed E-state index contributed by atoms with van der Waals surface area (Å²) in [5.74, 6) is 0.509. The number of anilines is 1. The minimum Gasteiger partial charge on any atom is -0.324 e. The van der Waals surface area contributed by atoms with Crippen LogP contribution >= 0.6 is 11.6 Å². The molecule has 3 aromatic rings. The Morgan fingerprint density at radius 2 is 1.85 bits per heavy atom. The summed E-state index contributed by atoms with van der Waals surface area (Å²) >= 11 is 6.25. The Morgan fingerprint density at radius 3 is 2.64 bits per heavy atom. The molecule has 0 spiro atoms. The number of hydrogen-bond acceptors (Lipinski definition) is 4. The molecule has 1 aliphatic heterocycles. The van der Waals surface area contributed by atoms with E-state index in [4.69, 9.17) is 16.6 Å². The van der Waals surface area contributed by atoms with Gasteiger partial charge in [0, 0.05) is 24.3 Å². The molecule has 1 N–H and O–H groups in total. The standard InChI is InChI=1S/C27H29ClN4O/c1-17(2)15-32(4)16-22-12-20(8-9-29-22)19-6-5-7-21(11-19)24-14-27(33)31-26-13-23(28)18(3)10-25(26)30-24/h5-13,17H,14-16H2,1-4H3,(H,31,33). The fraction of sp³-hybridized carbons (Fsp3) is 0.296. The average Bonchev–Trinajstić information content (AvgIpc) is 2.91. The Hall–Kier alpha value is -3.02. The Bertz CT molecular complexity index is 1220. The number of fused-ring (bicyclic) bond motifs is 1. The number of carbonyl (C=O) groups excluding carboxylic acids is 1. The van der Waals surface area contributed by atoms with Crippen LogP contribution in [0.5, 0.6) is 0 Å². The lowest BCUT2D eigenvalue weighted by atomic mass is 9.99. The van der Waals surface area contributed by atoms with Crippen LogP contribution in [0.2, 0.25) is 5.02 Å². The van der Waals surface area contributed by atoms with Gasteiger partial charge in [-0.15, -0.1) is 0 Å². The average molecular weight is 461 g/mol. The minimum absolute atomic E-state index is 0.0998. The number of aromatic nitrogens is 1. The van der Waals surface area contributed by atoms with Crippen LogP contribution in [-0.4, -0.2) is 35.1 Å². The molecule has 6 heteroatoms. The van der Waals surface area contributed by atoms with E-state index >= 15 is 0 Å². The Balaban J connectivity index is 1.65. The van der Waals surface area contributed by atoms with Gasteiger partial charge in [-0.1, -0.05) is 43.6 Å². The van der Waals surface area contributed by atoms with Gasteiger partial charge in [-0.25, -0.2) is 0 Å². The second kappa shape index (κ2) is 9.86. The Kier molecular flexibility index (Phi) is 6.91. The van der Waals surface area contributed by atoms with Gasteiger partial charge in [0.1, 0.15) is 0 Å². The first-order valence-corrected chi connectivity index (χ1v) is 11.6. The second-order valence-corrected chi connectivity index (χ2v) is 9.52. The van der Waals surface area contributed by atoms with Crippen LogP contribution in [0.4, 0.5) is 11.4 Å². The molecule has 1 aromatic heterocycles. The van der Waals surface area contributed by atoms with Crippen molar-refractivity contribution < 1.29 is 4.79 Å². The zero-order valence-electron chi connectivity index (χ0n) is 19.5. The van der Waals surface area contributed by atoms with E-state index in [1.54, 1.807) is 6.07 Å². The molecule has 0 unspecified atom stereocenters. The number of aliphatic imine (C=N–C) groups is 1. The molecular weight excluding hydrogens is 432 g/mol. The van der Waals surface area contributed by atoms with Crippen molar-refractivity contribution in [1.29, 1.82) is 0 Å². The van der Waals surface area contributed by atoms with E-state index in [0.29, 0.717) is 16.6 Å². The molecule has 0 saturated carbocycles. The van der Waals surface area contributed by atoms with E-state index in [0.717, 1.165) is 52.4 Å². The molecule has 0 atom stereocenters. The molecule has 2 heterocycles. The Morgan fingerprint density at radius 1 is 1.09 bits per heavy atom. The van der Waals surface area contributed by atoms with Crippen LogP contribution in [-0.2, 0) is 11.3 Å². The number of benzene rings is 2. The lowest BCUT2D eigenvalue weighted by Gasteiger charge is -2.18. The summed E-state index contributed by atoms with van der Waals surface area (Å²) in [4.78, 5) is 24.2. The SMILES string of the molecule is Cc1cc2c(cc1Cl)NC(=O)CC(c1cccc(-c3ccnc(CN(C)CC(C)C)c3)c1)=N2. The number of pyridine rings is 1.